The molecule has 5 nitrogen and oxygen atoms in total. The van der Waals surface area contributed by atoms with Crippen LogP contribution in [0.15, 0.2) is 28.6 Å². The highest BCUT2D eigenvalue weighted by Gasteiger charge is 2.16. The van der Waals surface area contributed by atoms with Crippen LogP contribution < -0.4 is 5.14 Å². The maximum absolute atomic E-state index is 11.0. The predicted octanol–water partition coefficient (Wildman–Crippen LogP) is 1.16. The van der Waals surface area contributed by atoms with Gasteiger partial charge in [-0.3, -0.25) is 0 Å². The molecule has 0 atom stereocenters. The lowest BCUT2D eigenvalue weighted by Gasteiger charge is -1.98. The van der Waals surface area contributed by atoms with Crippen LogP contribution in [-0.2, 0) is 10.0 Å². The smallest absolute Gasteiger partial charge is 0.223 e. The van der Waals surface area contributed by atoms with Gasteiger partial charge in [-0.25, -0.2) is 18.5 Å². The third kappa shape index (κ3) is 2.11. The first-order valence-electron chi connectivity index (χ1n) is 4.41. The number of primary sulfonamides is 1. The van der Waals surface area contributed by atoms with Crippen molar-refractivity contribution in [2.45, 2.75) is 11.3 Å². The summed E-state index contributed by atoms with van der Waals surface area (Å²) in [6, 6.07) is 7.49. The van der Waals surface area contributed by atoms with E-state index in [2.05, 4.69) is 9.36 Å². The standard InChI is InChI=1S/C9H9N3O2S2/c1-6-4-2-3-5-7(6)8-11-9(15-12-8)16(10,13)14/h2-5H,1H3,(H2,10,13,14). The molecule has 7 heteroatoms. The van der Waals surface area contributed by atoms with E-state index in [-0.39, 0.29) is 4.34 Å². The third-order valence-electron chi connectivity index (χ3n) is 2.04. The first-order valence-corrected chi connectivity index (χ1v) is 6.73. The lowest BCUT2D eigenvalue weighted by molar-refractivity contribution is 0.597. The molecule has 0 amide bonds. The third-order valence-corrected chi connectivity index (χ3v) is 4.05. The first-order chi connectivity index (χ1) is 7.48. The summed E-state index contributed by atoms with van der Waals surface area (Å²) in [5.74, 6) is 0.395. The molecule has 0 bridgehead atoms. The van der Waals surface area contributed by atoms with Crippen molar-refractivity contribution in [1.29, 1.82) is 0 Å². The van der Waals surface area contributed by atoms with Gasteiger partial charge in [-0.2, -0.15) is 4.37 Å². The molecule has 1 aromatic carbocycles. The van der Waals surface area contributed by atoms with Crippen LogP contribution in [0.1, 0.15) is 5.56 Å². The molecule has 0 unspecified atom stereocenters. The van der Waals surface area contributed by atoms with E-state index in [4.69, 9.17) is 5.14 Å². The molecule has 0 saturated carbocycles. The van der Waals surface area contributed by atoms with Crippen LogP contribution in [0.4, 0.5) is 0 Å². The first kappa shape index (κ1) is 11.2. The number of hydrogen-bond donors (Lipinski definition) is 1. The molecule has 0 radical (unpaired) electrons. The van der Waals surface area contributed by atoms with Crippen LogP contribution in [0.5, 0.6) is 0 Å². The lowest BCUT2D eigenvalue weighted by Crippen LogP contribution is -2.11. The van der Waals surface area contributed by atoms with Crippen molar-refractivity contribution < 1.29 is 8.42 Å². The van der Waals surface area contributed by atoms with Crippen LogP contribution in [-0.4, -0.2) is 17.8 Å². The number of benzene rings is 1. The highest BCUT2D eigenvalue weighted by atomic mass is 32.2. The zero-order valence-electron chi connectivity index (χ0n) is 8.41. The summed E-state index contributed by atoms with van der Waals surface area (Å²) in [6.45, 7) is 1.91. The summed E-state index contributed by atoms with van der Waals surface area (Å²) in [5, 5.41) is 4.97. The zero-order valence-corrected chi connectivity index (χ0v) is 10.0. The molecule has 16 heavy (non-hydrogen) atoms. The molecule has 0 aliphatic carbocycles. The minimum atomic E-state index is -3.76. The maximum atomic E-state index is 11.0. The second-order valence-electron chi connectivity index (χ2n) is 3.24. The molecule has 0 aliphatic rings. The van der Waals surface area contributed by atoms with Gasteiger partial charge in [0, 0.05) is 5.56 Å². The fourth-order valence-corrected chi connectivity index (χ4v) is 2.43. The van der Waals surface area contributed by atoms with Crippen molar-refractivity contribution in [3.8, 4) is 11.4 Å². The van der Waals surface area contributed by atoms with E-state index in [1.807, 2.05) is 31.2 Å². The van der Waals surface area contributed by atoms with E-state index in [1.54, 1.807) is 0 Å². The summed E-state index contributed by atoms with van der Waals surface area (Å²) in [6.07, 6.45) is 0. The number of sulfonamides is 1. The Kier molecular flexibility index (Phi) is 2.75. The second kappa shape index (κ2) is 3.93. The van der Waals surface area contributed by atoms with E-state index in [1.165, 1.54) is 0 Å². The molecule has 0 saturated heterocycles. The van der Waals surface area contributed by atoms with Crippen LogP contribution in [0.25, 0.3) is 11.4 Å². The highest BCUT2D eigenvalue weighted by molar-refractivity contribution is 7.91. The predicted molar refractivity (Wildman–Crippen MR) is 61.5 cm³/mol. The molecule has 84 valence electrons. The summed E-state index contributed by atoms with van der Waals surface area (Å²) in [4.78, 5) is 3.91. The van der Waals surface area contributed by atoms with Crippen molar-refractivity contribution in [3.05, 3.63) is 29.8 Å². The normalized spacial score (nSPS) is 11.6. The van der Waals surface area contributed by atoms with E-state index < -0.39 is 10.0 Å². The minimum Gasteiger partial charge on any atom is -0.223 e. The Labute approximate surface area is 97.2 Å². The van der Waals surface area contributed by atoms with Crippen molar-refractivity contribution in [3.63, 3.8) is 0 Å². The number of nitrogens with zero attached hydrogens (tertiary/aromatic N) is 2. The number of rotatable bonds is 2. The molecule has 2 aromatic rings. The van der Waals surface area contributed by atoms with Gasteiger partial charge in [0.15, 0.2) is 5.82 Å². The largest absolute Gasteiger partial charge is 0.266 e. The Morgan fingerprint density at radius 1 is 1.31 bits per heavy atom. The van der Waals surface area contributed by atoms with Crippen LogP contribution in [0, 0.1) is 6.92 Å². The second-order valence-corrected chi connectivity index (χ2v) is 5.73. The van der Waals surface area contributed by atoms with Crippen LogP contribution in [0.3, 0.4) is 0 Å². The van der Waals surface area contributed by atoms with E-state index >= 15 is 0 Å². The van der Waals surface area contributed by atoms with E-state index in [9.17, 15) is 8.42 Å². The van der Waals surface area contributed by atoms with E-state index in [0.717, 1.165) is 22.7 Å². The molecule has 2 rings (SSSR count). The van der Waals surface area contributed by atoms with Crippen molar-refractivity contribution in [2.24, 2.45) is 5.14 Å². The quantitative estimate of drug-likeness (QED) is 0.872. The molecule has 2 N–H and O–H groups in total. The van der Waals surface area contributed by atoms with Gasteiger partial charge in [0.25, 0.3) is 10.0 Å². The molecular formula is C9H9N3O2S2. The average molecular weight is 255 g/mol. The molecular weight excluding hydrogens is 246 g/mol. The zero-order chi connectivity index (χ0) is 11.8. The SMILES string of the molecule is Cc1ccccc1-c1nsc(S(N)(=O)=O)n1. The van der Waals surface area contributed by atoms with Gasteiger partial charge >= 0.3 is 0 Å². The van der Waals surface area contributed by atoms with Gasteiger partial charge in [-0.15, -0.1) is 0 Å². The Bertz CT molecular complexity index is 619. The highest BCUT2D eigenvalue weighted by Crippen LogP contribution is 2.22. The van der Waals surface area contributed by atoms with Crippen molar-refractivity contribution in [1.82, 2.24) is 9.36 Å². The minimum absolute atomic E-state index is 0.161. The lowest BCUT2D eigenvalue weighted by atomic mass is 10.1. The Morgan fingerprint density at radius 2 is 2.00 bits per heavy atom. The molecule has 0 spiro atoms. The van der Waals surface area contributed by atoms with Gasteiger partial charge in [0.05, 0.1) is 0 Å². The van der Waals surface area contributed by atoms with Crippen LogP contribution in [0.2, 0.25) is 0 Å². The van der Waals surface area contributed by atoms with Gasteiger partial charge < -0.3 is 0 Å². The summed E-state index contributed by atoms with van der Waals surface area (Å²) < 4.78 is 25.9. The molecule has 0 fully saturated rings. The fourth-order valence-electron chi connectivity index (χ4n) is 1.26. The summed E-state index contributed by atoms with van der Waals surface area (Å²) in [7, 11) is -3.76. The fraction of sp³-hybridized carbons (Fsp3) is 0.111. The number of aromatic nitrogens is 2. The Hall–Kier alpha value is -1.31. The Morgan fingerprint density at radius 3 is 2.56 bits per heavy atom. The van der Waals surface area contributed by atoms with Crippen molar-refractivity contribution >= 4 is 21.6 Å². The Balaban J connectivity index is 2.52. The topological polar surface area (TPSA) is 85.9 Å². The van der Waals surface area contributed by atoms with Gasteiger partial charge in [-0.1, -0.05) is 24.3 Å². The monoisotopic (exact) mass is 255 g/mol. The van der Waals surface area contributed by atoms with Gasteiger partial charge in [0.1, 0.15) is 0 Å². The number of aryl methyl sites for hydroxylation is 1. The van der Waals surface area contributed by atoms with Crippen molar-refractivity contribution in [2.75, 3.05) is 0 Å². The summed E-state index contributed by atoms with van der Waals surface area (Å²) in [5.41, 5.74) is 1.80. The van der Waals surface area contributed by atoms with E-state index in [0.29, 0.717) is 5.82 Å². The average Bonchev–Trinajstić information content (AvgIpc) is 2.66. The van der Waals surface area contributed by atoms with Gasteiger partial charge in [-0.05, 0) is 24.0 Å². The molecule has 1 aromatic heterocycles. The maximum Gasteiger partial charge on any atom is 0.266 e. The number of nitrogens with two attached hydrogens (primary N) is 1. The van der Waals surface area contributed by atoms with Gasteiger partial charge in [0.2, 0.25) is 4.34 Å². The van der Waals surface area contributed by atoms with Crippen LogP contribution >= 0.6 is 11.5 Å². The summed E-state index contributed by atoms with van der Waals surface area (Å²) >= 11 is 0.786. The number of hydrogen-bond acceptors (Lipinski definition) is 5. The molecule has 1 heterocycles. The molecule has 0 aliphatic heterocycles.